The molecule has 0 aliphatic carbocycles. The van der Waals surface area contributed by atoms with Gasteiger partial charge < -0.3 is 19.7 Å². The monoisotopic (exact) mass is 473 g/mol. The molecule has 0 unspecified atom stereocenters. The molecule has 0 bridgehead atoms. The molecule has 2 aromatic heterocycles. The van der Waals surface area contributed by atoms with Crippen LogP contribution in [-0.2, 0) is 6.54 Å². The van der Waals surface area contributed by atoms with Gasteiger partial charge in [-0.15, -0.1) is 0 Å². The van der Waals surface area contributed by atoms with Crippen LogP contribution < -0.4 is 10.2 Å². The zero-order valence-corrected chi connectivity index (χ0v) is 20.6. The second kappa shape index (κ2) is 9.88. The van der Waals surface area contributed by atoms with Crippen LogP contribution in [0.15, 0.2) is 103 Å². The molecule has 5 nitrogen and oxygen atoms in total. The number of fused-ring (bicyclic) bond motifs is 1. The molecule has 36 heavy (non-hydrogen) atoms. The number of benzene rings is 3. The number of nitrogens with zero attached hydrogens (tertiary/aromatic N) is 4. The first-order valence-corrected chi connectivity index (χ1v) is 12.6. The maximum absolute atomic E-state index is 4.74. The average molecular weight is 474 g/mol. The van der Waals surface area contributed by atoms with E-state index in [1.807, 2.05) is 6.20 Å². The second-order valence-corrected chi connectivity index (χ2v) is 9.56. The number of aromatic nitrogens is 2. The number of nitrogens with one attached hydrogen (secondary N) is 1. The number of rotatable bonds is 6. The summed E-state index contributed by atoms with van der Waals surface area (Å²) < 4.78 is 2.39. The Hall–Kier alpha value is -4.09. The maximum atomic E-state index is 4.74. The van der Waals surface area contributed by atoms with Gasteiger partial charge in [0.25, 0.3) is 0 Å². The van der Waals surface area contributed by atoms with Gasteiger partial charge in [0.05, 0.1) is 5.52 Å². The Morgan fingerprint density at radius 2 is 1.47 bits per heavy atom. The van der Waals surface area contributed by atoms with E-state index in [9.17, 15) is 0 Å². The summed E-state index contributed by atoms with van der Waals surface area (Å²) >= 11 is 0. The lowest BCUT2D eigenvalue weighted by atomic mass is 10.1. The van der Waals surface area contributed by atoms with E-state index in [0.29, 0.717) is 0 Å². The largest absolute Gasteiger partial charge is 0.369 e. The van der Waals surface area contributed by atoms with Crippen LogP contribution in [0.2, 0.25) is 0 Å². The fraction of sp³-hybridized carbons (Fsp3) is 0.194. The predicted molar refractivity (Wildman–Crippen MR) is 150 cm³/mol. The molecule has 6 rings (SSSR count). The van der Waals surface area contributed by atoms with Gasteiger partial charge in [0, 0.05) is 67.4 Å². The second-order valence-electron chi connectivity index (χ2n) is 9.56. The van der Waals surface area contributed by atoms with Crippen molar-refractivity contribution in [2.45, 2.75) is 6.54 Å². The predicted octanol–water partition coefficient (Wildman–Crippen LogP) is 6.25. The van der Waals surface area contributed by atoms with Crippen LogP contribution in [-0.4, -0.2) is 47.7 Å². The molecule has 0 amide bonds. The number of hydrogen-bond donors (Lipinski definition) is 1. The Balaban J connectivity index is 1.30. The first kappa shape index (κ1) is 22.4. The SMILES string of the molecule is CN1CCN(c2ccc(Nc3cc4c(cn3)cc(-c3ccccc3)n4Cc3ccccc3)cc2)CC1. The van der Waals surface area contributed by atoms with Crippen LogP contribution >= 0.6 is 0 Å². The minimum absolute atomic E-state index is 0.803. The van der Waals surface area contributed by atoms with Gasteiger partial charge in [0.2, 0.25) is 0 Å². The molecular weight excluding hydrogens is 442 g/mol. The van der Waals surface area contributed by atoms with Crippen molar-refractivity contribution in [1.82, 2.24) is 14.5 Å². The van der Waals surface area contributed by atoms with E-state index in [2.05, 4.69) is 124 Å². The summed E-state index contributed by atoms with van der Waals surface area (Å²) in [7, 11) is 2.19. The number of pyridine rings is 1. The molecule has 1 fully saturated rings. The van der Waals surface area contributed by atoms with Gasteiger partial charge in [0.1, 0.15) is 5.82 Å². The number of hydrogen-bond acceptors (Lipinski definition) is 4. The molecule has 0 spiro atoms. The molecule has 3 aromatic carbocycles. The van der Waals surface area contributed by atoms with Crippen molar-refractivity contribution in [2.24, 2.45) is 0 Å². The van der Waals surface area contributed by atoms with Crippen LogP contribution in [0, 0.1) is 0 Å². The summed E-state index contributed by atoms with van der Waals surface area (Å²) in [5.41, 5.74) is 7.18. The van der Waals surface area contributed by atoms with Gasteiger partial charge in [-0.2, -0.15) is 0 Å². The highest BCUT2D eigenvalue weighted by atomic mass is 15.2. The lowest BCUT2D eigenvalue weighted by molar-refractivity contribution is 0.313. The van der Waals surface area contributed by atoms with Crippen LogP contribution in [0.1, 0.15) is 5.56 Å². The molecule has 0 radical (unpaired) electrons. The summed E-state index contributed by atoms with van der Waals surface area (Å²) in [6.07, 6.45) is 1.98. The van der Waals surface area contributed by atoms with E-state index in [1.54, 1.807) is 0 Å². The minimum atomic E-state index is 0.803. The molecule has 1 saturated heterocycles. The fourth-order valence-corrected chi connectivity index (χ4v) is 4.98. The standard InChI is InChI=1S/C31H31N5/c1-34-16-18-35(19-17-34)28-14-12-27(13-15-28)33-31-21-30-26(22-32-31)20-29(25-10-6-3-7-11-25)36(30)23-24-8-4-2-5-9-24/h2-15,20-22H,16-19,23H2,1H3,(H,32,33). The third-order valence-corrected chi connectivity index (χ3v) is 7.05. The normalized spacial score (nSPS) is 14.3. The van der Waals surface area contributed by atoms with E-state index in [4.69, 9.17) is 4.98 Å². The Bertz CT molecular complexity index is 1430. The molecule has 3 heterocycles. The topological polar surface area (TPSA) is 36.3 Å². The third-order valence-electron chi connectivity index (χ3n) is 7.05. The quantitative estimate of drug-likeness (QED) is 0.316. The van der Waals surface area contributed by atoms with Crippen LogP contribution in [0.5, 0.6) is 0 Å². The highest BCUT2D eigenvalue weighted by Crippen LogP contribution is 2.31. The van der Waals surface area contributed by atoms with Gasteiger partial charge >= 0.3 is 0 Å². The van der Waals surface area contributed by atoms with Gasteiger partial charge in [-0.3, -0.25) is 0 Å². The van der Waals surface area contributed by atoms with Gasteiger partial charge in [-0.25, -0.2) is 4.98 Å². The van der Waals surface area contributed by atoms with Crippen molar-refractivity contribution < 1.29 is 0 Å². The molecule has 1 aliphatic rings. The van der Waals surface area contributed by atoms with Crippen molar-refractivity contribution in [3.05, 3.63) is 109 Å². The van der Waals surface area contributed by atoms with Gasteiger partial charge in [-0.1, -0.05) is 60.7 Å². The molecule has 1 aliphatic heterocycles. The van der Waals surface area contributed by atoms with Crippen LogP contribution in [0.4, 0.5) is 17.2 Å². The molecule has 5 aromatic rings. The zero-order valence-electron chi connectivity index (χ0n) is 20.6. The van der Waals surface area contributed by atoms with E-state index >= 15 is 0 Å². The maximum Gasteiger partial charge on any atom is 0.132 e. The first-order valence-electron chi connectivity index (χ1n) is 12.6. The Labute approximate surface area is 212 Å². The number of likely N-dealkylation sites (N-methyl/N-ethyl adjacent to an activating group) is 1. The minimum Gasteiger partial charge on any atom is -0.369 e. The van der Waals surface area contributed by atoms with Gasteiger partial charge in [0.15, 0.2) is 0 Å². The molecule has 0 atom stereocenters. The van der Waals surface area contributed by atoms with Crippen molar-refractivity contribution in [2.75, 3.05) is 43.4 Å². The van der Waals surface area contributed by atoms with E-state index in [1.165, 1.54) is 28.0 Å². The molecule has 180 valence electrons. The summed E-state index contributed by atoms with van der Waals surface area (Å²) in [5, 5.41) is 4.66. The van der Waals surface area contributed by atoms with Crippen LogP contribution in [0.3, 0.4) is 0 Å². The van der Waals surface area contributed by atoms with Crippen molar-refractivity contribution >= 4 is 28.1 Å². The lowest BCUT2D eigenvalue weighted by Gasteiger charge is -2.34. The highest BCUT2D eigenvalue weighted by molar-refractivity contribution is 5.88. The Kier molecular flexibility index (Phi) is 6.14. The molecule has 0 saturated carbocycles. The summed E-state index contributed by atoms with van der Waals surface area (Å²) in [6, 6.07) is 34.4. The summed E-state index contributed by atoms with van der Waals surface area (Å²) in [6.45, 7) is 5.17. The van der Waals surface area contributed by atoms with E-state index in [-0.39, 0.29) is 0 Å². The van der Waals surface area contributed by atoms with Crippen molar-refractivity contribution in [1.29, 1.82) is 0 Å². The molecule has 1 N–H and O–H groups in total. The summed E-state index contributed by atoms with van der Waals surface area (Å²) in [4.78, 5) is 9.57. The smallest absolute Gasteiger partial charge is 0.132 e. The lowest BCUT2D eigenvalue weighted by Crippen LogP contribution is -2.44. The highest BCUT2D eigenvalue weighted by Gasteiger charge is 2.15. The fourth-order valence-electron chi connectivity index (χ4n) is 4.98. The average Bonchev–Trinajstić information content (AvgIpc) is 3.28. The molecule has 5 heteroatoms. The van der Waals surface area contributed by atoms with Gasteiger partial charge in [-0.05, 0) is 48.5 Å². The summed E-state index contributed by atoms with van der Waals surface area (Å²) in [5.74, 6) is 0.849. The first-order chi connectivity index (χ1) is 17.7. The zero-order chi connectivity index (χ0) is 24.3. The Morgan fingerprint density at radius 3 is 2.19 bits per heavy atom. The number of anilines is 3. The third kappa shape index (κ3) is 4.70. The molecular formula is C31H31N5. The van der Waals surface area contributed by atoms with Crippen molar-refractivity contribution in [3.63, 3.8) is 0 Å². The van der Waals surface area contributed by atoms with Crippen molar-refractivity contribution in [3.8, 4) is 11.3 Å². The Morgan fingerprint density at radius 1 is 0.778 bits per heavy atom. The van der Waals surface area contributed by atoms with E-state index in [0.717, 1.165) is 49.6 Å². The van der Waals surface area contributed by atoms with E-state index < -0.39 is 0 Å². The van der Waals surface area contributed by atoms with Crippen LogP contribution in [0.25, 0.3) is 22.2 Å². The number of piperazine rings is 1.